The van der Waals surface area contributed by atoms with Crippen LogP contribution in [0.15, 0.2) is 36.7 Å². The van der Waals surface area contributed by atoms with Gasteiger partial charge in [-0.3, -0.25) is 14.3 Å². The quantitative estimate of drug-likeness (QED) is 0.180. The van der Waals surface area contributed by atoms with E-state index in [-0.39, 0.29) is 29.6 Å². The van der Waals surface area contributed by atoms with Gasteiger partial charge in [0, 0.05) is 18.3 Å². The third kappa shape index (κ3) is 13.0. The minimum Gasteiger partial charge on any atom is -0.377 e. The fourth-order valence-corrected chi connectivity index (χ4v) is 3.30. The van der Waals surface area contributed by atoms with Crippen LogP contribution in [-0.4, -0.2) is 99.3 Å². The number of hydrogen-bond donors (Lipinski definition) is 2. The summed E-state index contributed by atoms with van der Waals surface area (Å²) < 4.78 is 28.8. The van der Waals surface area contributed by atoms with Crippen molar-refractivity contribution in [2.45, 2.75) is 32.1 Å². The second-order valence-electron chi connectivity index (χ2n) is 8.70. The van der Waals surface area contributed by atoms with Crippen molar-refractivity contribution < 1.29 is 33.3 Å². The maximum absolute atomic E-state index is 12.3. The Balaban J connectivity index is 1.39. The number of nitrogens with one attached hydrogen (secondary N) is 1. The minimum absolute atomic E-state index is 0.0431. The van der Waals surface area contributed by atoms with E-state index in [1.807, 2.05) is 48.3 Å². The highest BCUT2D eigenvalue weighted by Gasteiger charge is 2.11. The summed E-state index contributed by atoms with van der Waals surface area (Å²) in [6.45, 7) is 10.2. The molecule has 0 spiro atoms. The van der Waals surface area contributed by atoms with Gasteiger partial charge in [-0.1, -0.05) is 12.1 Å². The molecule has 1 heterocycles. The normalized spacial score (nSPS) is 12.8. The first kappa shape index (κ1) is 31.9. The van der Waals surface area contributed by atoms with Crippen molar-refractivity contribution in [1.82, 2.24) is 15.1 Å². The van der Waals surface area contributed by atoms with Gasteiger partial charge in [-0.25, -0.2) is 0 Å². The summed E-state index contributed by atoms with van der Waals surface area (Å²) in [5.74, 6) is -0.177. The predicted molar refractivity (Wildman–Crippen MR) is 147 cm³/mol. The summed E-state index contributed by atoms with van der Waals surface area (Å²) in [5.41, 5.74) is 2.81. The SMILES string of the molecule is Cc1cnn(C(C)c2ccc(C(=O)NCCOCCOCCOCCOCCOCC(=O)C(C)S)cc2)c1. The molecule has 0 aliphatic heterocycles. The minimum atomic E-state index is -0.312. The van der Waals surface area contributed by atoms with Crippen LogP contribution in [-0.2, 0) is 28.5 Å². The van der Waals surface area contributed by atoms with Crippen molar-refractivity contribution in [2.24, 2.45) is 0 Å². The number of aromatic nitrogens is 2. The Morgan fingerprint density at radius 3 is 1.89 bits per heavy atom. The standard InChI is InChI=1S/C27H41N3O7S/c1-21-18-29-30(19-21)22(2)24-4-6-25(7-5-24)27(32)28-8-9-33-10-11-34-12-13-35-14-15-36-16-17-37-20-26(31)23(3)38/h4-7,18-19,22-23,38H,8-17,20H2,1-3H3,(H,28,32). The smallest absolute Gasteiger partial charge is 0.251 e. The van der Waals surface area contributed by atoms with Crippen molar-refractivity contribution in [2.75, 3.05) is 72.6 Å². The van der Waals surface area contributed by atoms with Crippen LogP contribution in [0, 0.1) is 6.92 Å². The van der Waals surface area contributed by atoms with E-state index in [1.165, 1.54) is 0 Å². The fourth-order valence-electron chi connectivity index (χ4n) is 3.22. The molecule has 0 aliphatic rings. The lowest BCUT2D eigenvalue weighted by Crippen LogP contribution is -2.27. The molecule has 11 heteroatoms. The highest BCUT2D eigenvalue weighted by atomic mass is 32.1. The molecule has 212 valence electrons. The number of nitrogens with zero attached hydrogens (tertiary/aromatic N) is 2. The van der Waals surface area contributed by atoms with Crippen molar-refractivity contribution >= 4 is 24.3 Å². The maximum atomic E-state index is 12.3. The van der Waals surface area contributed by atoms with Gasteiger partial charge in [-0.15, -0.1) is 0 Å². The van der Waals surface area contributed by atoms with Crippen molar-refractivity contribution in [1.29, 1.82) is 0 Å². The van der Waals surface area contributed by atoms with Crippen LogP contribution in [0.25, 0.3) is 0 Å². The maximum Gasteiger partial charge on any atom is 0.251 e. The Bertz CT molecular complexity index is 937. The number of aryl methyl sites for hydroxylation is 1. The Kier molecular flexibility index (Phi) is 15.9. The van der Waals surface area contributed by atoms with E-state index in [1.54, 1.807) is 6.92 Å². The first-order valence-electron chi connectivity index (χ1n) is 12.9. The van der Waals surface area contributed by atoms with E-state index in [4.69, 9.17) is 23.7 Å². The van der Waals surface area contributed by atoms with Gasteiger partial charge < -0.3 is 29.0 Å². The molecule has 10 nitrogen and oxygen atoms in total. The summed E-state index contributed by atoms with van der Waals surface area (Å²) in [4.78, 5) is 23.7. The number of ketones is 1. The van der Waals surface area contributed by atoms with Crippen LogP contribution in [0.5, 0.6) is 0 Å². The van der Waals surface area contributed by atoms with E-state index < -0.39 is 0 Å². The van der Waals surface area contributed by atoms with E-state index in [0.717, 1.165) is 11.1 Å². The van der Waals surface area contributed by atoms with Gasteiger partial charge >= 0.3 is 0 Å². The van der Waals surface area contributed by atoms with Crippen LogP contribution in [0.3, 0.4) is 0 Å². The van der Waals surface area contributed by atoms with E-state index in [0.29, 0.717) is 71.6 Å². The molecule has 2 aromatic rings. The van der Waals surface area contributed by atoms with Crippen LogP contribution < -0.4 is 5.32 Å². The molecule has 0 saturated heterocycles. The Labute approximate surface area is 230 Å². The van der Waals surface area contributed by atoms with E-state index in [9.17, 15) is 9.59 Å². The first-order chi connectivity index (χ1) is 18.4. The van der Waals surface area contributed by atoms with Crippen LogP contribution in [0.4, 0.5) is 0 Å². The summed E-state index contributed by atoms with van der Waals surface area (Å²) in [6.07, 6.45) is 3.83. The summed E-state index contributed by atoms with van der Waals surface area (Å²) in [6, 6.07) is 7.65. The Morgan fingerprint density at radius 1 is 0.868 bits per heavy atom. The van der Waals surface area contributed by atoms with Gasteiger partial charge in [-0.2, -0.15) is 17.7 Å². The molecular weight excluding hydrogens is 510 g/mol. The van der Waals surface area contributed by atoms with Gasteiger partial charge in [-0.05, 0) is 44.0 Å². The first-order valence-corrected chi connectivity index (χ1v) is 13.4. The molecule has 1 N–H and O–H groups in total. The van der Waals surface area contributed by atoms with Gasteiger partial charge in [0.05, 0.1) is 77.0 Å². The molecule has 38 heavy (non-hydrogen) atoms. The van der Waals surface area contributed by atoms with Gasteiger partial charge in [0.2, 0.25) is 0 Å². The monoisotopic (exact) mass is 551 g/mol. The molecule has 2 rings (SSSR count). The predicted octanol–water partition coefficient (Wildman–Crippen LogP) is 2.50. The Hall–Kier alpha value is -2.28. The van der Waals surface area contributed by atoms with Crippen LogP contribution >= 0.6 is 12.6 Å². The summed E-state index contributed by atoms with van der Waals surface area (Å²) in [5, 5.41) is 6.90. The fraction of sp³-hybridized carbons (Fsp3) is 0.593. The van der Waals surface area contributed by atoms with Crippen LogP contribution in [0.2, 0.25) is 0 Å². The molecule has 1 aromatic heterocycles. The number of hydrogen-bond acceptors (Lipinski definition) is 9. The highest BCUT2D eigenvalue weighted by molar-refractivity contribution is 7.81. The van der Waals surface area contributed by atoms with Crippen LogP contribution in [0.1, 0.15) is 41.4 Å². The third-order valence-electron chi connectivity index (χ3n) is 5.51. The number of benzene rings is 1. The van der Waals surface area contributed by atoms with Gasteiger partial charge in [0.15, 0.2) is 5.78 Å². The third-order valence-corrected chi connectivity index (χ3v) is 5.80. The summed E-state index contributed by atoms with van der Waals surface area (Å²) >= 11 is 4.05. The molecule has 1 aromatic carbocycles. The lowest BCUT2D eigenvalue weighted by atomic mass is 10.1. The average molecular weight is 552 g/mol. The zero-order valence-corrected chi connectivity index (χ0v) is 23.5. The summed E-state index contributed by atoms with van der Waals surface area (Å²) in [7, 11) is 0. The van der Waals surface area contributed by atoms with Crippen molar-refractivity contribution in [3.05, 3.63) is 53.3 Å². The zero-order chi connectivity index (χ0) is 27.6. The molecular formula is C27H41N3O7S. The zero-order valence-electron chi connectivity index (χ0n) is 22.6. The molecule has 0 aliphatic carbocycles. The molecule has 0 saturated carbocycles. The second kappa shape index (κ2) is 18.9. The topological polar surface area (TPSA) is 110 Å². The van der Waals surface area contributed by atoms with E-state index >= 15 is 0 Å². The number of carbonyl (C=O) groups is 2. The second-order valence-corrected chi connectivity index (χ2v) is 9.47. The Morgan fingerprint density at radius 2 is 1.39 bits per heavy atom. The number of amides is 1. The number of thiol groups is 1. The van der Waals surface area contributed by atoms with E-state index in [2.05, 4.69) is 30.0 Å². The highest BCUT2D eigenvalue weighted by Crippen LogP contribution is 2.18. The molecule has 0 radical (unpaired) electrons. The molecule has 0 bridgehead atoms. The number of Topliss-reactive ketones (excluding diaryl/α,β-unsaturated/α-hetero) is 1. The lowest BCUT2D eigenvalue weighted by Gasteiger charge is -2.13. The molecule has 2 atom stereocenters. The number of ether oxygens (including phenoxy) is 5. The largest absolute Gasteiger partial charge is 0.377 e. The lowest BCUT2D eigenvalue weighted by molar-refractivity contribution is -0.123. The molecule has 2 unspecified atom stereocenters. The number of rotatable bonds is 21. The number of carbonyl (C=O) groups excluding carboxylic acids is 2. The van der Waals surface area contributed by atoms with Gasteiger partial charge in [0.1, 0.15) is 6.61 Å². The average Bonchev–Trinajstić information content (AvgIpc) is 3.35. The van der Waals surface area contributed by atoms with Gasteiger partial charge in [0.25, 0.3) is 5.91 Å². The van der Waals surface area contributed by atoms with Crippen molar-refractivity contribution in [3.8, 4) is 0 Å². The van der Waals surface area contributed by atoms with Crippen molar-refractivity contribution in [3.63, 3.8) is 0 Å². The molecule has 1 amide bonds. The molecule has 0 fully saturated rings.